The number of nitriles is 2. The molecular formula is C20H15ClN2O3. The molecule has 0 saturated carbocycles. The second-order valence-corrected chi connectivity index (χ2v) is 5.86. The van der Waals surface area contributed by atoms with Crippen LogP contribution in [0.25, 0.3) is 6.08 Å². The van der Waals surface area contributed by atoms with E-state index in [1.165, 1.54) is 6.08 Å². The molecule has 0 saturated heterocycles. The highest BCUT2D eigenvalue weighted by molar-refractivity contribution is 6.32. The van der Waals surface area contributed by atoms with Gasteiger partial charge in [-0.15, -0.1) is 0 Å². The largest absolute Gasteiger partial charge is 0.482 e. The van der Waals surface area contributed by atoms with Gasteiger partial charge in [0.2, 0.25) is 0 Å². The van der Waals surface area contributed by atoms with Gasteiger partial charge >= 0.3 is 5.97 Å². The molecule has 0 aromatic heterocycles. The highest BCUT2D eigenvalue weighted by Crippen LogP contribution is 2.25. The number of allylic oxidation sites excluding steroid dienone is 1. The smallest absolute Gasteiger partial charge is 0.349 e. The van der Waals surface area contributed by atoms with Gasteiger partial charge in [-0.2, -0.15) is 10.5 Å². The van der Waals surface area contributed by atoms with E-state index in [2.05, 4.69) is 0 Å². The summed E-state index contributed by atoms with van der Waals surface area (Å²) in [5.74, 6) is 0.338. The second kappa shape index (κ2) is 8.71. The number of nitrogens with zero attached hydrogens (tertiary/aromatic N) is 2. The maximum absolute atomic E-state index is 11.9. The van der Waals surface area contributed by atoms with Crippen LogP contribution in [0.15, 0.2) is 42.0 Å². The first-order valence-electron chi connectivity index (χ1n) is 7.65. The first-order valence-corrected chi connectivity index (χ1v) is 8.03. The van der Waals surface area contributed by atoms with E-state index >= 15 is 0 Å². The van der Waals surface area contributed by atoms with Gasteiger partial charge in [0.05, 0.1) is 0 Å². The Bertz CT molecular complexity index is 896. The van der Waals surface area contributed by atoms with E-state index in [0.717, 1.165) is 11.1 Å². The summed E-state index contributed by atoms with van der Waals surface area (Å²) in [7, 11) is 0. The maximum atomic E-state index is 11.9. The van der Waals surface area contributed by atoms with Crippen LogP contribution in [0.3, 0.4) is 0 Å². The number of benzene rings is 2. The Morgan fingerprint density at radius 2 is 1.65 bits per heavy atom. The Balaban J connectivity index is 1.95. The third-order valence-corrected chi connectivity index (χ3v) is 4.03. The van der Waals surface area contributed by atoms with Gasteiger partial charge in [0.15, 0.2) is 6.61 Å². The molecule has 2 aromatic rings. The average molecular weight is 367 g/mol. The van der Waals surface area contributed by atoms with Crippen molar-refractivity contribution in [2.75, 3.05) is 6.61 Å². The highest BCUT2D eigenvalue weighted by atomic mass is 35.5. The molecular weight excluding hydrogens is 352 g/mol. The fraction of sp³-hybridized carbons (Fsp3) is 0.150. The molecule has 0 unspecified atom stereocenters. The minimum absolute atomic E-state index is 0.00306. The number of ether oxygens (including phenoxy) is 2. The molecule has 0 amide bonds. The maximum Gasteiger partial charge on any atom is 0.349 e. The Kier molecular flexibility index (Phi) is 6.38. The van der Waals surface area contributed by atoms with E-state index in [9.17, 15) is 4.79 Å². The Hall–Kier alpha value is -3.28. The predicted molar refractivity (Wildman–Crippen MR) is 97.7 cm³/mol. The summed E-state index contributed by atoms with van der Waals surface area (Å²) < 4.78 is 10.6. The van der Waals surface area contributed by atoms with Gasteiger partial charge < -0.3 is 9.47 Å². The minimum atomic E-state index is -0.548. The van der Waals surface area contributed by atoms with Gasteiger partial charge in [-0.25, -0.2) is 4.79 Å². The van der Waals surface area contributed by atoms with Crippen LogP contribution in [0.1, 0.15) is 16.7 Å². The van der Waals surface area contributed by atoms with Crippen LogP contribution in [0.5, 0.6) is 11.5 Å². The molecule has 0 aliphatic heterocycles. The molecule has 2 aromatic carbocycles. The quantitative estimate of drug-likeness (QED) is 0.445. The summed E-state index contributed by atoms with van der Waals surface area (Å²) in [6, 6.07) is 13.5. The normalized spacial score (nSPS) is 9.58. The van der Waals surface area contributed by atoms with Crippen LogP contribution in [-0.4, -0.2) is 12.6 Å². The Labute approximate surface area is 156 Å². The molecule has 26 heavy (non-hydrogen) atoms. The van der Waals surface area contributed by atoms with E-state index < -0.39 is 5.97 Å². The van der Waals surface area contributed by atoms with E-state index in [0.29, 0.717) is 22.1 Å². The van der Waals surface area contributed by atoms with Crippen molar-refractivity contribution in [3.05, 3.63) is 63.7 Å². The fourth-order valence-electron chi connectivity index (χ4n) is 2.18. The van der Waals surface area contributed by atoms with Crippen molar-refractivity contribution in [1.82, 2.24) is 0 Å². The molecule has 0 radical (unpaired) electrons. The van der Waals surface area contributed by atoms with E-state index in [1.807, 2.05) is 13.8 Å². The highest BCUT2D eigenvalue weighted by Gasteiger charge is 2.09. The van der Waals surface area contributed by atoms with Crippen molar-refractivity contribution >= 4 is 23.6 Å². The molecule has 6 heteroatoms. The Morgan fingerprint density at radius 1 is 1.08 bits per heavy atom. The van der Waals surface area contributed by atoms with Crippen molar-refractivity contribution in [2.45, 2.75) is 13.8 Å². The lowest BCUT2D eigenvalue weighted by Gasteiger charge is -2.10. The van der Waals surface area contributed by atoms with Gasteiger partial charge in [0, 0.05) is 5.02 Å². The third kappa shape index (κ3) is 5.11. The number of halogens is 1. The van der Waals surface area contributed by atoms with Gasteiger partial charge in [-0.1, -0.05) is 23.7 Å². The zero-order chi connectivity index (χ0) is 19.1. The molecule has 130 valence electrons. The molecule has 0 heterocycles. The van der Waals surface area contributed by atoms with E-state index in [1.54, 1.807) is 48.5 Å². The summed E-state index contributed by atoms with van der Waals surface area (Å²) in [6.45, 7) is 3.48. The van der Waals surface area contributed by atoms with Crippen LogP contribution in [0, 0.1) is 36.5 Å². The molecule has 0 spiro atoms. The first-order chi connectivity index (χ1) is 12.4. The molecule has 0 fully saturated rings. The number of hydrogen-bond donors (Lipinski definition) is 0. The summed E-state index contributed by atoms with van der Waals surface area (Å²) in [6.07, 6.45) is 1.44. The Morgan fingerprint density at radius 3 is 2.19 bits per heavy atom. The third-order valence-electron chi connectivity index (χ3n) is 3.43. The summed E-state index contributed by atoms with van der Waals surface area (Å²) in [5, 5.41) is 18.1. The lowest BCUT2D eigenvalue weighted by molar-refractivity contribution is -0.136. The monoisotopic (exact) mass is 366 g/mol. The number of carbonyl (C=O) groups excluding carboxylic acids is 1. The van der Waals surface area contributed by atoms with Gasteiger partial charge in [-0.3, -0.25) is 0 Å². The molecule has 0 bridgehead atoms. The van der Waals surface area contributed by atoms with Crippen LogP contribution >= 0.6 is 11.6 Å². The topological polar surface area (TPSA) is 83.1 Å². The number of carbonyl (C=O) groups is 1. The van der Waals surface area contributed by atoms with Crippen LogP contribution in [-0.2, 0) is 4.79 Å². The summed E-state index contributed by atoms with van der Waals surface area (Å²) in [4.78, 5) is 11.9. The van der Waals surface area contributed by atoms with Gasteiger partial charge in [0.1, 0.15) is 29.2 Å². The molecule has 0 atom stereocenters. The van der Waals surface area contributed by atoms with Crippen molar-refractivity contribution in [1.29, 1.82) is 10.5 Å². The molecule has 0 aliphatic carbocycles. The van der Waals surface area contributed by atoms with E-state index in [-0.39, 0.29) is 12.2 Å². The zero-order valence-electron chi connectivity index (χ0n) is 14.2. The van der Waals surface area contributed by atoms with Gasteiger partial charge in [0.25, 0.3) is 0 Å². The molecule has 0 aliphatic rings. The zero-order valence-corrected chi connectivity index (χ0v) is 15.0. The van der Waals surface area contributed by atoms with Crippen molar-refractivity contribution < 1.29 is 14.3 Å². The lowest BCUT2D eigenvalue weighted by Crippen LogP contribution is -2.17. The van der Waals surface area contributed by atoms with Crippen LogP contribution < -0.4 is 9.47 Å². The van der Waals surface area contributed by atoms with E-state index in [4.69, 9.17) is 31.6 Å². The minimum Gasteiger partial charge on any atom is -0.482 e. The number of hydrogen-bond acceptors (Lipinski definition) is 5. The van der Waals surface area contributed by atoms with Crippen LogP contribution in [0.2, 0.25) is 5.02 Å². The SMILES string of the molecule is Cc1cc(OCC(=O)Oc2ccc(C=C(C#N)C#N)cc2)cc(C)c1Cl. The summed E-state index contributed by atoms with van der Waals surface area (Å²) in [5.41, 5.74) is 2.39. The fourth-order valence-corrected chi connectivity index (χ4v) is 2.29. The lowest BCUT2D eigenvalue weighted by atomic mass is 10.1. The molecule has 5 nitrogen and oxygen atoms in total. The number of rotatable bonds is 5. The first kappa shape index (κ1) is 19.1. The van der Waals surface area contributed by atoms with Crippen LogP contribution in [0.4, 0.5) is 0 Å². The summed E-state index contributed by atoms with van der Waals surface area (Å²) >= 11 is 6.10. The predicted octanol–water partition coefficient (Wildman–Crippen LogP) is 4.37. The molecule has 0 N–H and O–H groups in total. The average Bonchev–Trinajstić information content (AvgIpc) is 2.63. The number of esters is 1. The second-order valence-electron chi connectivity index (χ2n) is 5.48. The number of aryl methyl sites for hydroxylation is 2. The standard InChI is InChI=1S/C20H15ClN2O3/c1-13-7-18(8-14(2)20(13)21)25-12-19(24)26-17-5-3-15(4-6-17)9-16(10-22)11-23/h3-9H,12H2,1-2H3. The van der Waals surface area contributed by atoms with Crippen molar-refractivity contribution in [3.8, 4) is 23.6 Å². The van der Waals surface area contributed by atoms with Gasteiger partial charge in [-0.05, 0) is 60.9 Å². The molecule has 2 rings (SSSR count). The van der Waals surface area contributed by atoms with Crippen molar-refractivity contribution in [3.63, 3.8) is 0 Å². The van der Waals surface area contributed by atoms with Crippen molar-refractivity contribution in [2.24, 2.45) is 0 Å².